The smallest absolute Gasteiger partial charge is 0.338 e. The van der Waals surface area contributed by atoms with Gasteiger partial charge in [-0.2, -0.15) is 18.2 Å². The number of rotatable bonds is 6. The summed E-state index contributed by atoms with van der Waals surface area (Å²) in [6, 6.07) is 3.64. The SMILES string of the molecule is CCCn1c(SCc2nc(C(C)C)no2)nc2ccc(C(F)(F)F)cc21. The highest BCUT2D eigenvalue weighted by atomic mass is 32.2. The highest BCUT2D eigenvalue weighted by Gasteiger charge is 2.31. The summed E-state index contributed by atoms with van der Waals surface area (Å²) in [5.74, 6) is 1.70. The summed E-state index contributed by atoms with van der Waals surface area (Å²) in [5, 5.41) is 4.56. The first-order valence-corrected chi connectivity index (χ1v) is 9.31. The lowest BCUT2D eigenvalue weighted by atomic mass is 10.2. The van der Waals surface area contributed by atoms with Gasteiger partial charge < -0.3 is 9.09 Å². The van der Waals surface area contributed by atoms with Gasteiger partial charge in [-0.1, -0.05) is 37.7 Å². The molecular formula is C17H19F3N4OS. The van der Waals surface area contributed by atoms with E-state index < -0.39 is 11.7 Å². The average molecular weight is 384 g/mol. The van der Waals surface area contributed by atoms with E-state index in [-0.39, 0.29) is 5.92 Å². The molecule has 26 heavy (non-hydrogen) atoms. The maximum Gasteiger partial charge on any atom is 0.416 e. The molecule has 9 heteroatoms. The average Bonchev–Trinajstić information content (AvgIpc) is 3.17. The minimum atomic E-state index is -4.38. The van der Waals surface area contributed by atoms with E-state index in [1.807, 2.05) is 25.3 Å². The predicted molar refractivity (Wildman–Crippen MR) is 93.0 cm³/mol. The van der Waals surface area contributed by atoms with E-state index in [1.165, 1.54) is 17.8 Å². The molecule has 0 saturated carbocycles. The molecule has 0 aliphatic carbocycles. The van der Waals surface area contributed by atoms with Gasteiger partial charge in [0.25, 0.3) is 0 Å². The van der Waals surface area contributed by atoms with E-state index in [9.17, 15) is 13.2 Å². The number of imidazole rings is 1. The molecule has 0 aliphatic rings. The molecule has 0 amide bonds. The lowest BCUT2D eigenvalue weighted by Crippen LogP contribution is -2.05. The van der Waals surface area contributed by atoms with Crippen molar-refractivity contribution >= 4 is 22.8 Å². The van der Waals surface area contributed by atoms with Crippen LogP contribution in [0.15, 0.2) is 27.9 Å². The summed E-state index contributed by atoms with van der Waals surface area (Å²) in [7, 11) is 0. The Kier molecular flexibility index (Phi) is 5.27. The Morgan fingerprint density at radius 3 is 2.62 bits per heavy atom. The van der Waals surface area contributed by atoms with E-state index in [0.717, 1.165) is 18.6 Å². The fourth-order valence-electron chi connectivity index (χ4n) is 2.51. The van der Waals surface area contributed by atoms with Crippen molar-refractivity contribution in [1.82, 2.24) is 19.7 Å². The van der Waals surface area contributed by atoms with Crippen LogP contribution < -0.4 is 0 Å². The van der Waals surface area contributed by atoms with Crippen LogP contribution in [0.3, 0.4) is 0 Å². The van der Waals surface area contributed by atoms with Crippen molar-refractivity contribution in [1.29, 1.82) is 0 Å². The molecule has 140 valence electrons. The number of aromatic nitrogens is 4. The molecule has 2 heterocycles. The standard InChI is InChI=1S/C17H19F3N4OS/c1-4-7-24-13-8-11(17(18,19)20)5-6-12(13)21-16(24)26-9-14-22-15(10(2)3)23-25-14/h5-6,8,10H,4,7,9H2,1-3H3. The van der Waals surface area contributed by atoms with Gasteiger partial charge in [-0.05, 0) is 24.6 Å². The van der Waals surface area contributed by atoms with Gasteiger partial charge in [-0.25, -0.2) is 4.98 Å². The number of alkyl halides is 3. The molecule has 0 saturated heterocycles. The maximum absolute atomic E-state index is 13.0. The van der Waals surface area contributed by atoms with E-state index in [0.29, 0.717) is 40.2 Å². The molecule has 0 spiro atoms. The Labute approximate surface area is 153 Å². The lowest BCUT2D eigenvalue weighted by molar-refractivity contribution is -0.137. The van der Waals surface area contributed by atoms with Crippen LogP contribution in [0.1, 0.15) is 50.4 Å². The maximum atomic E-state index is 13.0. The van der Waals surface area contributed by atoms with Crippen molar-refractivity contribution in [2.45, 2.75) is 56.7 Å². The lowest BCUT2D eigenvalue weighted by Gasteiger charge is -2.09. The molecule has 0 radical (unpaired) electrons. The zero-order valence-corrected chi connectivity index (χ0v) is 15.5. The molecule has 3 aromatic rings. The summed E-state index contributed by atoms with van der Waals surface area (Å²) in [6.07, 6.45) is -3.59. The van der Waals surface area contributed by atoms with Crippen molar-refractivity contribution in [3.63, 3.8) is 0 Å². The monoisotopic (exact) mass is 384 g/mol. The van der Waals surface area contributed by atoms with Crippen LogP contribution >= 0.6 is 11.8 Å². The van der Waals surface area contributed by atoms with Gasteiger partial charge in [0.15, 0.2) is 11.0 Å². The first kappa shape index (κ1) is 18.8. The van der Waals surface area contributed by atoms with Crippen LogP contribution in [0.4, 0.5) is 13.2 Å². The molecule has 0 N–H and O–H groups in total. The number of benzene rings is 1. The number of hydrogen-bond donors (Lipinski definition) is 0. The van der Waals surface area contributed by atoms with Crippen molar-refractivity contribution in [3.05, 3.63) is 35.5 Å². The fourth-order valence-corrected chi connectivity index (χ4v) is 3.39. The summed E-state index contributed by atoms with van der Waals surface area (Å²) in [6.45, 7) is 6.50. The molecule has 0 aliphatic heterocycles. The number of aryl methyl sites for hydroxylation is 1. The van der Waals surface area contributed by atoms with E-state index >= 15 is 0 Å². The Morgan fingerprint density at radius 1 is 1.23 bits per heavy atom. The second-order valence-electron chi connectivity index (χ2n) is 6.24. The number of thioether (sulfide) groups is 1. The zero-order valence-electron chi connectivity index (χ0n) is 14.7. The second-order valence-corrected chi connectivity index (χ2v) is 7.18. The molecular weight excluding hydrogens is 365 g/mol. The largest absolute Gasteiger partial charge is 0.416 e. The van der Waals surface area contributed by atoms with Crippen molar-refractivity contribution < 1.29 is 17.7 Å². The second kappa shape index (κ2) is 7.30. The quantitative estimate of drug-likeness (QED) is 0.542. The number of nitrogens with zero attached hydrogens (tertiary/aromatic N) is 4. The van der Waals surface area contributed by atoms with Crippen LogP contribution in [-0.4, -0.2) is 19.7 Å². The van der Waals surface area contributed by atoms with Crippen LogP contribution in [0, 0.1) is 0 Å². The molecule has 1 aromatic carbocycles. The molecule has 0 atom stereocenters. The summed E-state index contributed by atoms with van der Waals surface area (Å²) >= 11 is 1.38. The molecule has 5 nitrogen and oxygen atoms in total. The van der Waals surface area contributed by atoms with Crippen LogP contribution in [0.5, 0.6) is 0 Å². The highest BCUT2D eigenvalue weighted by Crippen LogP contribution is 2.33. The molecule has 0 fully saturated rings. The normalized spacial score (nSPS) is 12.4. The van der Waals surface area contributed by atoms with Crippen molar-refractivity contribution in [2.24, 2.45) is 0 Å². The molecule has 0 unspecified atom stereocenters. The third kappa shape index (κ3) is 3.87. The van der Waals surface area contributed by atoms with Gasteiger partial charge >= 0.3 is 6.18 Å². The Morgan fingerprint density at radius 2 is 2.00 bits per heavy atom. The predicted octanol–water partition coefficient (Wildman–Crippen LogP) is 5.26. The Balaban J connectivity index is 1.90. The van der Waals surface area contributed by atoms with E-state index in [4.69, 9.17) is 4.52 Å². The van der Waals surface area contributed by atoms with Gasteiger partial charge in [-0.15, -0.1) is 0 Å². The fraction of sp³-hybridized carbons (Fsp3) is 0.471. The van der Waals surface area contributed by atoms with Crippen LogP contribution in [0.2, 0.25) is 0 Å². The van der Waals surface area contributed by atoms with Gasteiger partial charge in [0.2, 0.25) is 5.89 Å². The zero-order chi connectivity index (χ0) is 18.9. The number of hydrogen-bond acceptors (Lipinski definition) is 5. The van der Waals surface area contributed by atoms with Gasteiger partial charge in [0.05, 0.1) is 22.3 Å². The van der Waals surface area contributed by atoms with E-state index in [1.54, 1.807) is 0 Å². The first-order valence-electron chi connectivity index (χ1n) is 8.32. The van der Waals surface area contributed by atoms with Crippen molar-refractivity contribution in [2.75, 3.05) is 0 Å². The topological polar surface area (TPSA) is 56.7 Å². The molecule has 2 aromatic heterocycles. The summed E-state index contributed by atoms with van der Waals surface area (Å²) in [4.78, 5) is 8.80. The highest BCUT2D eigenvalue weighted by molar-refractivity contribution is 7.98. The Hall–Kier alpha value is -2.03. The minimum absolute atomic E-state index is 0.169. The minimum Gasteiger partial charge on any atom is -0.338 e. The number of halogens is 3. The summed E-state index contributed by atoms with van der Waals surface area (Å²) < 4.78 is 46.1. The first-order chi connectivity index (χ1) is 12.3. The third-order valence-electron chi connectivity index (χ3n) is 3.81. The Bertz CT molecular complexity index is 901. The van der Waals surface area contributed by atoms with Crippen LogP contribution in [-0.2, 0) is 18.5 Å². The number of fused-ring (bicyclic) bond motifs is 1. The van der Waals surface area contributed by atoms with Gasteiger partial charge in [0.1, 0.15) is 0 Å². The van der Waals surface area contributed by atoms with Crippen molar-refractivity contribution in [3.8, 4) is 0 Å². The van der Waals surface area contributed by atoms with E-state index in [2.05, 4.69) is 15.1 Å². The third-order valence-corrected chi connectivity index (χ3v) is 4.77. The van der Waals surface area contributed by atoms with Gasteiger partial charge in [-0.3, -0.25) is 0 Å². The van der Waals surface area contributed by atoms with Crippen LogP contribution in [0.25, 0.3) is 11.0 Å². The summed E-state index contributed by atoms with van der Waals surface area (Å²) in [5.41, 5.74) is 0.359. The molecule has 0 bridgehead atoms. The van der Waals surface area contributed by atoms with Gasteiger partial charge in [0, 0.05) is 12.5 Å². The molecule has 3 rings (SSSR count).